The van der Waals surface area contributed by atoms with E-state index in [0.717, 1.165) is 17.7 Å². The van der Waals surface area contributed by atoms with Crippen molar-refractivity contribution in [1.29, 1.82) is 0 Å². The summed E-state index contributed by atoms with van der Waals surface area (Å²) in [6.07, 6.45) is -4.55. The van der Waals surface area contributed by atoms with Gasteiger partial charge < -0.3 is 10.6 Å². The molecule has 2 aromatic rings. The molecule has 2 amide bonds. The van der Waals surface area contributed by atoms with Gasteiger partial charge in [-0.25, -0.2) is 4.79 Å². The molecule has 0 bridgehead atoms. The zero-order valence-corrected chi connectivity index (χ0v) is 14.5. The zero-order valence-electron chi connectivity index (χ0n) is 13.8. The molecule has 2 rings (SSSR count). The van der Waals surface area contributed by atoms with Gasteiger partial charge in [-0.3, -0.25) is 4.79 Å². The first-order valence-electron chi connectivity index (χ1n) is 7.68. The Bertz CT molecular complexity index is 805. The molecule has 0 radical (unpaired) electrons. The van der Waals surface area contributed by atoms with Gasteiger partial charge in [0.25, 0.3) is 0 Å². The molecular weight excluding hydrogens is 369 g/mol. The van der Waals surface area contributed by atoms with Crippen molar-refractivity contribution in [2.45, 2.75) is 19.5 Å². The van der Waals surface area contributed by atoms with E-state index in [2.05, 4.69) is 10.6 Å². The van der Waals surface area contributed by atoms with E-state index in [1.807, 2.05) is 19.1 Å². The lowest BCUT2D eigenvalue weighted by Gasteiger charge is -2.12. The van der Waals surface area contributed by atoms with E-state index in [1.54, 1.807) is 12.1 Å². The number of ketones is 1. The highest BCUT2D eigenvalue weighted by molar-refractivity contribution is 6.31. The number of nitrogens with one attached hydrogen (secondary N) is 2. The van der Waals surface area contributed by atoms with Crippen LogP contribution < -0.4 is 10.6 Å². The normalized spacial score (nSPS) is 11.1. The Morgan fingerprint density at radius 1 is 1.08 bits per heavy atom. The number of alkyl halides is 3. The van der Waals surface area contributed by atoms with Gasteiger partial charge in [0.2, 0.25) is 0 Å². The van der Waals surface area contributed by atoms with E-state index in [4.69, 9.17) is 11.6 Å². The lowest BCUT2D eigenvalue weighted by molar-refractivity contribution is -0.137. The second-order valence-corrected chi connectivity index (χ2v) is 6.02. The standard InChI is InChI=1S/C18H16ClF3N2O2/c1-11-2-4-12(5-3-11)16(25)8-9-23-17(26)24-13-6-7-15(19)14(10-13)18(20,21)22/h2-7,10H,8-9H2,1H3,(H2,23,24,26). The Labute approximate surface area is 153 Å². The Morgan fingerprint density at radius 2 is 1.73 bits per heavy atom. The van der Waals surface area contributed by atoms with Crippen molar-refractivity contribution in [3.63, 3.8) is 0 Å². The van der Waals surface area contributed by atoms with E-state index in [1.165, 1.54) is 6.07 Å². The first kappa shape index (κ1) is 19.8. The van der Waals surface area contributed by atoms with Gasteiger partial charge in [0, 0.05) is 24.2 Å². The summed E-state index contributed by atoms with van der Waals surface area (Å²) in [6.45, 7) is 1.96. The number of anilines is 1. The number of urea groups is 1. The number of hydrogen-bond acceptors (Lipinski definition) is 2. The first-order chi connectivity index (χ1) is 12.2. The molecule has 0 aliphatic carbocycles. The molecule has 2 N–H and O–H groups in total. The summed E-state index contributed by atoms with van der Waals surface area (Å²) >= 11 is 5.52. The molecule has 2 aromatic carbocycles. The van der Waals surface area contributed by atoms with Gasteiger partial charge in [-0.2, -0.15) is 13.2 Å². The third-order valence-electron chi connectivity index (χ3n) is 3.54. The van der Waals surface area contributed by atoms with Crippen LogP contribution in [0.5, 0.6) is 0 Å². The molecule has 0 unspecified atom stereocenters. The van der Waals surface area contributed by atoms with Crippen LogP contribution in [-0.4, -0.2) is 18.4 Å². The molecule has 0 fully saturated rings. The number of carbonyl (C=O) groups excluding carboxylic acids is 2. The molecule has 0 aliphatic rings. The largest absolute Gasteiger partial charge is 0.417 e. The Hall–Kier alpha value is -2.54. The maximum Gasteiger partial charge on any atom is 0.417 e. The topological polar surface area (TPSA) is 58.2 Å². The van der Waals surface area contributed by atoms with Crippen LogP contribution in [0.2, 0.25) is 5.02 Å². The monoisotopic (exact) mass is 384 g/mol. The second kappa shape index (κ2) is 8.23. The lowest BCUT2D eigenvalue weighted by Crippen LogP contribution is -2.30. The fourth-order valence-electron chi connectivity index (χ4n) is 2.17. The first-order valence-corrected chi connectivity index (χ1v) is 8.06. The molecule has 0 heterocycles. The summed E-state index contributed by atoms with van der Waals surface area (Å²) in [7, 11) is 0. The smallest absolute Gasteiger partial charge is 0.337 e. The predicted molar refractivity (Wildman–Crippen MR) is 93.6 cm³/mol. The average Bonchev–Trinajstić information content (AvgIpc) is 2.56. The number of amides is 2. The number of halogens is 4. The summed E-state index contributed by atoms with van der Waals surface area (Å²) in [5.74, 6) is -0.142. The number of Topliss-reactive ketones (excluding diaryl/α,β-unsaturated/α-hetero) is 1. The third-order valence-corrected chi connectivity index (χ3v) is 3.87. The summed E-state index contributed by atoms with van der Waals surface area (Å²) < 4.78 is 38.4. The van der Waals surface area contributed by atoms with Crippen LogP contribution in [0.25, 0.3) is 0 Å². The summed E-state index contributed by atoms with van der Waals surface area (Å²) in [5, 5.41) is 4.26. The van der Waals surface area contributed by atoms with Crippen LogP contribution >= 0.6 is 11.6 Å². The van der Waals surface area contributed by atoms with Crippen molar-refractivity contribution in [3.05, 3.63) is 64.2 Å². The quantitative estimate of drug-likeness (QED) is 0.708. The van der Waals surface area contributed by atoms with Gasteiger partial charge >= 0.3 is 12.2 Å². The Kier molecular flexibility index (Phi) is 6.26. The molecule has 0 atom stereocenters. The van der Waals surface area contributed by atoms with Crippen molar-refractivity contribution < 1.29 is 22.8 Å². The van der Waals surface area contributed by atoms with Crippen molar-refractivity contribution in [2.24, 2.45) is 0 Å². The maximum absolute atomic E-state index is 12.8. The van der Waals surface area contributed by atoms with Gasteiger partial charge in [0.05, 0.1) is 10.6 Å². The van der Waals surface area contributed by atoms with Crippen molar-refractivity contribution in [2.75, 3.05) is 11.9 Å². The van der Waals surface area contributed by atoms with Crippen LogP contribution in [-0.2, 0) is 6.18 Å². The fourth-order valence-corrected chi connectivity index (χ4v) is 2.39. The fraction of sp³-hybridized carbons (Fsp3) is 0.222. The number of aryl methyl sites for hydroxylation is 1. The average molecular weight is 385 g/mol. The van der Waals surface area contributed by atoms with Crippen LogP contribution in [0.1, 0.15) is 27.9 Å². The molecule has 138 valence electrons. The van der Waals surface area contributed by atoms with Gasteiger partial charge in [0.1, 0.15) is 0 Å². The number of rotatable bonds is 5. The highest BCUT2D eigenvalue weighted by atomic mass is 35.5. The van der Waals surface area contributed by atoms with Crippen molar-refractivity contribution >= 4 is 29.1 Å². The number of hydrogen-bond donors (Lipinski definition) is 2. The van der Waals surface area contributed by atoms with Crippen LogP contribution in [0.15, 0.2) is 42.5 Å². The molecule has 0 saturated carbocycles. The van der Waals surface area contributed by atoms with Gasteiger partial charge in [-0.05, 0) is 25.1 Å². The van der Waals surface area contributed by atoms with E-state index in [0.29, 0.717) is 5.56 Å². The highest BCUT2D eigenvalue weighted by Crippen LogP contribution is 2.36. The minimum absolute atomic E-state index is 0.0518. The number of benzene rings is 2. The Morgan fingerprint density at radius 3 is 2.35 bits per heavy atom. The maximum atomic E-state index is 12.8. The van der Waals surface area contributed by atoms with Crippen molar-refractivity contribution in [3.8, 4) is 0 Å². The van der Waals surface area contributed by atoms with Crippen LogP contribution in [0.3, 0.4) is 0 Å². The molecule has 0 saturated heterocycles. The Balaban J connectivity index is 1.87. The second-order valence-electron chi connectivity index (χ2n) is 5.61. The van der Waals surface area contributed by atoms with Gasteiger partial charge in [-0.15, -0.1) is 0 Å². The van der Waals surface area contributed by atoms with E-state index in [9.17, 15) is 22.8 Å². The summed E-state index contributed by atoms with van der Waals surface area (Å²) in [5.41, 5.74) is 0.473. The highest BCUT2D eigenvalue weighted by Gasteiger charge is 2.33. The number of carbonyl (C=O) groups is 2. The van der Waals surface area contributed by atoms with Crippen LogP contribution in [0.4, 0.5) is 23.7 Å². The molecule has 26 heavy (non-hydrogen) atoms. The predicted octanol–water partition coefficient (Wildman–Crippen LogP) is 5.06. The zero-order chi connectivity index (χ0) is 19.3. The molecule has 0 aromatic heterocycles. The van der Waals surface area contributed by atoms with Gasteiger partial charge in [-0.1, -0.05) is 41.4 Å². The van der Waals surface area contributed by atoms with Gasteiger partial charge in [0.15, 0.2) is 5.78 Å². The van der Waals surface area contributed by atoms with E-state index in [-0.39, 0.29) is 24.4 Å². The third kappa shape index (κ3) is 5.49. The lowest BCUT2D eigenvalue weighted by atomic mass is 10.1. The SMILES string of the molecule is Cc1ccc(C(=O)CCNC(=O)Nc2ccc(Cl)c(C(F)(F)F)c2)cc1. The molecule has 0 aliphatic heterocycles. The molecule has 4 nitrogen and oxygen atoms in total. The molecule has 8 heteroatoms. The minimum atomic E-state index is -4.62. The van der Waals surface area contributed by atoms with E-state index >= 15 is 0 Å². The molecular formula is C18H16ClF3N2O2. The molecule has 0 spiro atoms. The van der Waals surface area contributed by atoms with Crippen LogP contribution in [0, 0.1) is 6.92 Å². The van der Waals surface area contributed by atoms with E-state index < -0.39 is 22.8 Å². The summed E-state index contributed by atoms with van der Waals surface area (Å²) in [6, 6.07) is 9.37. The minimum Gasteiger partial charge on any atom is -0.337 e. The summed E-state index contributed by atoms with van der Waals surface area (Å²) in [4.78, 5) is 23.8. The van der Waals surface area contributed by atoms with Crippen molar-refractivity contribution in [1.82, 2.24) is 5.32 Å².